The van der Waals surface area contributed by atoms with Gasteiger partial charge in [0.25, 0.3) is 5.91 Å². The minimum atomic E-state index is -0.647. The Hall–Kier alpha value is -2.64. The van der Waals surface area contributed by atoms with Gasteiger partial charge >= 0.3 is 0 Å². The molecule has 1 saturated heterocycles. The second kappa shape index (κ2) is 8.58. The quantitative estimate of drug-likeness (QED) is 0.730. The summed E-state index contributed by atoms with van der Waals surface area (Å²) >= 11 is 11.3. The SMILES string of the molecule is COc1ccc(NC(=O)C[C@H]2C(=O)N(C)C(=S)N2Cc2ccc(Cl)cc2)cc1. The van der Waals surface area contributed by atoms with Gasteiger partial charge in [0.05, 0.1) is 13.5 Å². The molecule has 1 aliphatic rings. The highest BCUT2D eigenvalue weighted by atomic mass is 35.5. The fourth-order valence-electron chi connectivity index (χ4n) is 3.00. The number of nitrogens with zero attached hydrogens (tertiary/aromatic N) is 2. The van der Waals surface area contributed by atoms with Crippen molar-refractivity contribution in [1.29, 1.82) is 0 Å². The van der Waals surface area contributed by atoms with E-state index in [1.807, 2.05) is 12.1 Å². The van der Waals surface area contributed by atoms with Crippen LogP contribution in [0.25, 0.3) is 0 Å². The molecule has 0 saturated carbocycles. The first-order valence-electron chi connectivity index (χ1n) is 8.65. The summed E-state index contributed by atoms with van der Waals surface area (Å²) in [4.78, 5) is 28.3. The maximum absolute atomic E-state index is 12.6. The first-order chi connectivity index (χ1) is 13.4. The molecule has 2 amide bonds. The van der Waals surface area contributed by atoms with Crippen molar-refractivity contribution in [1.82, 2.24) is 9.80 Å². The average Bonchev–Trinajstić information content (AvgIpc) is 2.88. The average molecular weight is 418 g/mol. The molecule has 0 aliphatic carbocycles. The molecule has 2 aromatic rings. The van der Waals surface area contributed by atoms with Crippen molar-refractivity contribution in [3.63, 3.8) is 0 Å². The molecule has 1 fully saturated rings. The van der Waals surface area contributed by atoms with Crippen LogP contribution in [0.3, 0.4) is 0 Å². The molecule has 0 bridgehead atoms. The monoisotopic (exact) mass is 417 g/mol. The van der Waals surface area contributed by atoms with Gasteiger partial charge < -0.3 is 15.0 Å². The van der Waals surface area contributed by atoms with Crippen LogP contribution in [-0.2, 0) is 16.1 Å². The van der Waals surface area contributed by atoms with Crippen molar-refractivity contribution >= 4 is 46.4 Å². The minimum absolute atomic E-state index is 0.00291. The lowest BCUT2D eigenvalue weighted by Crippen LogP contribution is -2.37. The number of ether oxygens (including phenoxy) is 1. The highest BCUT2D eigenvalue weighted by Gasteiger charge is 2.41. The lowest BCUT2D eigenvalue weighted by molar-refractivity contribution is -0.130. The van der Waals surface area contributed by atoms with Crippen molar-refractivity contribution in [3.8, 4) is 5.75 Å². The van der Waals surface area contributed by atoms with E-state index in [4.69, 9.17) is 28.6 Å². The molecular weight excluding hydrogens is 398 g/mol. The second-order valence-corrected chi connectivity index (χ2v) is 7.23. The Morgan fingerprint density at radius 1 is 1.18 bits per heavy atom. The van der Waals surface area contributed by atoms with Gasteiger partial charge in [-0.2, -0.15) is 0 Å². The summed E-state index contributed by atoms with van der Waals surface area (Å²) in [5.74, 6) is 0.247. The predicted molar refractivity (Wildman–Crippen MR) is 112 cm³/mol. The molecule has 3 rings (SSSR count). The molecular formula is C20H20ClN3O3S. The second-order valence-electron chi connectivity index (χ2n) is 6.43. The summed E-state index contributed by atoms with van der Waals surface area (Å²) in [5.41, 5.74) is 1.59. The molecule has 1 heterocycles. The van der Waals surface area contributed by atoms with Gasteiger partial charge in [0.15, 0.2) is 5.11 Å². The van der Waals surface area contributed by atoms with Crippen LogP contribution in [0.4, 0.5) is 5.69 Å². The Morgan fingerprint density at radius 3 is 2.43 bits per heavy atom. The molecule has 0 radical (unpaired) electrons. The lowest BCUT2D eigenvalue weighted by Gasteiger charge is -2.23. The summed E-state index contributed by atoms with van der Waals surface area (Å²) in [7, 11) is 3.20. The Balaban J connectivity index is 1.71. The van der Waals surface area contributed by atoms with Crippen molar-refractivity contribution in [2.45, 2.75) is 19.0 Å². The van der Waals surface area contributed by atoms with E-state index >= 15 is 0 Å². The van der Waals surface area contributed by atoms with E-state index in [-0.39, 0.29) is 18.2 Å². The van der Waals surface area contributed by atoms with Crippen molar-refractivity contribution in [3.05, 3.63) is 59.1 Å². The maximum Gasteiger partial charge on any atom is 0.251 e. The number of likely N-dealkylation sites (N-methyl/N-ethyl adjacent to an activating group) is 1. The van der Waals surface area contributed by atoms with Crippen LogP contribution in [0.1, 0.15) is 12.0 Å². The molecule has 2 aromatic carbocycles. The first-order valence-corrected chi connectivity index (χ1v) is 9.44. The normalized spacial score (nSPS) is 16.5. The third-order valence-electron chi connectivity index (χ3n) is 4.54. The highest BCUT2D eigenvalue weighted by molar-refractivity contribution is 7.80. The zero-order valence-electron chi connectivity index (χ0n) is 15.5. The van der Waals surface area contributed by atoms with Gasteiger partial charge in [0, 0.05) is 24.3 Å². The van der Waals surface area contributed by atoms with Crippen LogP contribution in [0.2, 0.25) is 5.02 Å². The Morgan fingerprint density at radius 2 is 1.82 bits per heavy atom. The van der Waals surface area contributed by atoms with Crippen molar-refractivity contribution in [2.75, 3.05) is 19.5 Å². The van der Waals surface area contributed by atoms with Crippen LogP contribution in [-0.4, -0.2) is 46.9 Å². The Bertz CT molecular complexity index is 887. The summed E-state index contributed by atoms with van der Waals surface area (Å²) < 4.78 is 5.11. The molecule has 0 unspecified atom stereocenters. The number of halogens is 1. The smallest absolute Gasteiger partial charge is 0.251 e. The molecule has 8 heteroatoms. The van der Waals surface area contributed by atoms with Gasteiger partial charge in [-0.25, -0.2) is 0 Å². The zero-order chi connectivity index (χ0) is 20.3. The summed E-state index contributed by atoms with van der Waals surface area (Å²) in [6.07, 6.45) is 0.00291. The van der Waals surface area contributed by atoms with E-state index in [0.29, 0.717) is 28.1 Å². The standard InChI is InChI=1S/C20H20ClN3O3S/c1-23-19(26)17(11-18(25)22-15-7-9-16(27-2)10-8-15)24(20(23)28)12-13-3-5-14(21)6-4-13/h3-10,17H,11-12H2,1-2H3,(H,22,25)/t17-/m0/s1. The zero-order valence-corrected chi connectivity index (χ0v) is 17.1. The number of carbonyl (C=O) groups excluding carboxylic acids is 2. The largest absolute Gasteiger partial charge is 0.497 e. The molecule has 0 aromatic heterocycles. The van der Waals surface area contributed by atoms with Gasteiger partial charge in [-0.3, -0.25) is 14.5 Å². The van der Waals surface area contributed by atoms with Crippen LogP contribution < -0.4 is 10.1 Å². The fourth-order valence-corrected chi connectivity index (χ4v) is 3.41. The first kappa shape index (κ1) is 20.1. The van der Waals surface area contributed by atoms with Crippen molar-refractivity contribution < 1.29 is 14.3 Å². The molecule has 0 spiro atoms. The molecule has 6 nitrogen and oxygen atoms in total. The summed E-state index contributed by atoms with van der Waals surface area (Å²) in [6, 6.07) is 13.7. The van der Waals surface area contributed by atoms with Crippen molar-refractivity contribution in [2.24, 2.45) is 0 Å². The van der Waals surface area contributed by atoms with Gasteiger partial charge in [-0.05, 0) is 54.2 Å². The number of rotatable bonds is 6. The minimum Gasteiger partial charge on any atom is -0.497 e. The third kappa shape index (κ3) is 4.43. The summed E-state index contributed by atoms with van der Waals surface area (Å²) in [5, 5.41) is 3.85. The van der Waals surface area contributed by atoms with E-state index in [0.717, 1.165) is 5.56 Å². The van der Waals surface area contributed by atoms with Crippen LogP contribution in [0.5, 0.6) is 5.75 Å². The number of hydrogen-bond acceptors (Lipinski definition) is 4. The molecule has 1 atom stereocenters. The number of hydrogen-bond donors (Lipinski definition) is 1. The number of methoxy groups -OCH3 is 1. The number of thiocarbonyl (C=S) groups is 1. The van der Waals surface area contributed by atoms with E-state index < -0.39 is 6.04 Å². The highest BCUT2D eigenvalue weighted by Crippen LogP contribution is 2.24. The number of anilines is 1. The maximum atomic E-state index is 12.6. The van der Waals surface area contributed by atoms with E-state index in [1.165, 1.54) is 4.90 Å². The van der Waals surface area contributed by atoms with E-state index in [9.17, 15) is 9.59 Å². The number of benzene rings is 2. The van der Waals surface area contributed by atoms with Gasteiger partial charge in [0.1, 0.15) is 11.8 Å². The molecule has 146 valence electrons. The molecule has 1 N–H and O–H groups in total. The van der Waals surface area contributed by atoms with Crippen LogP contribution in [0.15, 0.2) is 48.5 Å². The topological polar surface area (TPSA) is 61.9 Å². The molecule has 28 heavy (non-hydrogen) atoms. The van der Waals surface area contributed by atoms with E-state index in [2.05, 4.69) is 5.32 Å². The summed E-state index contributed by atoms with van der Waals surface area (Å²) in [6.45, 7) is 0.423. The fraction of sp³-hybridized carbons (Fsp3) is 0.250. The predicted octanol–water partition coefficient (Wildman–Crippen LogP) is 3.30. The number of nitrogens with one attached hydrogen (secondary N) is 1. The number of carbonyl (C=O) groups is 2. The van der Waals surface area contributed by atoms with E-state index in [1.54, 1.807) is 55.5 Å². The van der Waals surface area contributed by atoms with Gasteiger partial charge in [0.2, 0.25) is 5.91 Å². The van der Waals surface area contributed by atoms with Crippen LogP contribution in [0, 0.1) is 0 Å². The molecule has 1 aliphatic heterocycles. The van der Waals surface area contributed by atoms with Gasteiger partial charge in [-0.1, -0.05) is 23.7 Å². The lowest BCUT2D eigenvalue weighted by atomic mass is 10.1. The van der Waals surface area contributed by atoms with Gasteiger partial charge in [-0.15, -0.1) is 0 Å². The Kier molecular flexibility index (Phi) is 6.16. The third-order valence-corrected chi connectivity index (χ3v) is 5.30. The number of amides is 2. The Labute approximate surface area is 174 Å². The van der Waals surface area contributed by atoms with Crippen LogP contribution >= 0.6 is 23.8 Å².